The molecule has 1 aromatic rings. The third-order valence-corrected chi connectivity index (χ3v) is 5.32. The highest BCUT2D eigenvalue weighted by molar-refractivity contribution is 5.80. The minimum absolute atomic E-state index is 0.197. The lowest BCUT2D eigenvalue weighted by Gasteiger charge is -2.34. The van der Waals surface area contributed by atoms with Crippen molar-refractivity contribution >= 4 is 5.96 Å². The van der Waals surface area contributed by atoms with Gasteiger partial charge in [0.15, 0.2) is 5.96 Å². The van der Waals surface area contributed by atoms with Crippen LogP contribution in [0.15, 0.2) is 35.3 Å². The summed E-state index contributed by atoms with van der Waals surface area (Å²) in [6, 6.07) is 9.84. The summed E-state index contributed by atoms with van der Waals surface area (Å²) in [5, 5.41) is 3.36. The first kappa shape index (κ1) is 20.8. The van der Waals surface area contributed by atoms with Crippen LogP contribution in [-0.2, 0) is 0 Å². The number of hydrogen-bond donors (Lipinski definition) is 1. The van der Waals surface area contributed by atoms with Crippen LogP contribution in [-0.4, -0.2) is 74.4 Å². The molecule has 2 aliphatic rings. The Bertz CT molecular complexity index is 630. The summed E-state index contributed by atoms with van der Waals surface area (Å²) in [5.41, 5.74) is 0. The van der Waals surface area contributed by atoms with Gasteiger partial charge < -0.3 is 15.0 Å². The Kier molecular flexibility index (Phi) is 7.04. The molecule has 2 aliphatic heterocycles. The standard InChI is InChI=1S/C20H29F3N4O/c1-24-19(25-13-16-7-10-26(14-16)15-20(21,22)23)27-11-8-18(9-12-27)28-17-5-3-2-4-6-17/h2-6,16,18H,7-15H2,1H3,(H,24,25). The molecule has 0 radical (unpaired) electrons. The number of aliphatic imine (C=N–C) groups is 1. The van der Waals surface area contributed by atoms with E-state index in [2.05, 4.69) is 15.2 Å². The molecule has 0 saturated carbocycles. The Labute approximate surface area is 164 Å². The molecule has 1 aromatic carbocycles. The highest BCUT2D eigenvalue weighted by Gasteiger charge is 2.34. The Morgan fingerprint density at radius 1 is 1.14 bits per heavy atom. The third-order valence-electron chi connectivity index (χ3n) is 5.32. The van der Waals surface area contributed by atoms with Crippen molar-refractivity contribution in [1.29, 1.82) is 0 Å². The zero-order valence-electron chi connectivity index (χ0n) is 16.3. The van der Waals surface area contributed by atoms with Crippen molar-refractivity contribution in [1.82, 2.24) is 15.1 Å². The Hall–Kier alpha value is -1.96. The molecule has 0 aromatic heterocycles. The van der Waals surface area contributed by atoms with Gasteiger partial charge in [0, 0.05) is 46.1 Å². The lowest BCUT2D eigenvalue weighted by molar-refractivity contribution is -0.143. The van der Waals surface area contributed by atoms with Gasteiger partial charge in [-0.15, -0.1) is 0 Å². The van der Waals surface area contributed by atoms with Crippen molar-refractivity contribution < 1.29 is 17.9 Å². The lowest BCUT2D eigenvalue weighted by Crippen LogP contribution is -2.48. The van der Waals surface area contributed by atoms with E-state index < -0.39 is 12.7 Å². The predicted molar refractivity (Wildman–Crippen MR) is 104 cm³/mol. The smallest absolute Gasteiger partial charge is 0.401 e. The summed E-state index contributed by atoms with van der Waals surface area (Å²) in [7, 11) is 1.75. The molecule has 5 nitrogen and oxygen atoms in total. The van der Waals surface area contributed by atoms with Crippen molar-refractivity contribution in [3.63, 3.8) is 0 Å². The van der Waals surface area contributed by atoms with Crippen molar-refractivity contribution in [3.8, 4) is 5.75 Å². The van der Waals surface area contributed by atoms with E-state index in [4.69, 9.17) is 4.74 Å². The van der Waals surface area contributed by atoms with Crippen LogP contribution >= 0.6 is 0 Å². The van der Waals surface area contributed by atoms with Gasteiger partial charge in [0.1, 0.15) is 11.9 Å². The number of nitrogens with zero attached hydrogens (tertiary/aromatic N) is 3. The third kappa shape index (κ3) is 6.29. The largest absolute Gasteiger partial charge is 0.490 e. The highest BCUT2D eigenvalue weighted by atomic mass is 19.4. The number of nitrogens with one attached hydrogen (secondary N) is 1. The van der Waals surface area contributed by atoms with E-state index in [-0.39, 0.29) is 12.0 Å². The maximum Gasteiger partial charge on any atom is 0.401 e. The van der Waals surface area contributed by atoms with E-state index >= 15 is 0 Å². The second kappa shape index (κ2) is 9.49. The zero-order valence-corrected chi connectivity index (χ0v) is 16.3. The molecule has 3 rings (SSSR count). The van der Waals surface area contributed by atoms with Gasteiger partial charge in [0.2, 0.25) is 0 Å². The van der Waals surface area contributed by atoms with Gasteiger partial charge in [0.25, 0.3) is 0 Å². The van der Waals surface area contributed by atoms with Gasteiger partial charge in [-0.3, -0.25) is 9.89 Å². The molecule has 1 unspecified atom stereocenters. The monoisotopic (exact) mass is 398 g/mol. The molecule has 28 heavy (non-hydrogen) atoms. The Balaban J connectivity index is 1.39. The molecule has 1 N–H and O–H groups in total. The second-order valence-corrected chi connectivity index (χ2v) is 7.55. The summed E-state index contributed by atoms with van der Waals surface area (Å²) < 4.78 is 43.6. The van der Waals surface area contributed by atoms with E-state index in [1.54, 1.807) is 7.05 Å². The number of piperidine rings is 1. The molecular weight excluding hydrogens is 369 g/mol. The fourth-order valence-electron chi connectivity index (χ4n) is 3.92. The minimum atomic E-state index is -4.12. The van der Waals surface area contributed by atoms with Gasteiger partial charge in [0.05, 0.1) is 6.54 Å². The van der Waals surface area contributed by atoms with E-state index in [9.17, 15) is 13.2 Å². The topological polar surface area (TPSA) is 40.1 Å². The average molecular weight is 398 g/mol. The number of halogens is 3. The lowest BCUT2D eigenvalue weighted by atomic mass is 10.1. The maximum atomic E-state index is 12.5. The van der Waals surface area contributed by atoms with E-state index in [1.165, 1.54) is 4.90 Å². The molecule has 156 valence electrons. The molecule has 2 saturated heterocycles. The molecule has 0 bridgehead atoms. The van der Waals surface area contributed by atoms with Crippen LogP contribution < -0.4 is 10.1 Å². The Morgan fingerprint density at radius 3 is 2.50 bits per heavy atom. The van der Waals surface area contributed by atoms with E-state index in [0.29, 0.717) is 19.6 Å². The first-order chi connectivity index (χ1) is 13.4. The molecule has 8 heteroatoms. The van der Waals surface area contributed by atoms with Crippen LogP contribution in [0, 0.1) is 5.92 Å². The summed E-state index contributed by atoms with van der Waals surface area (Å²) >= 11 is 0. The minimum Gasteiger partial charge on any atom is -0.490 e. The van der Waals surface area contributed by atoms with Crippen LogP contribution in [0.25, 0.3) is 0 Å². The van der Waals surface area contributed by atoms with Crippen LogP contribution in [0.3, 0.4) is 0 Å². The van der Waals surface area contributed by atoms with Crippen molar-refractivity contribution in [2.45, 2.75) is 31.5 Å². The summed E-state index contributed by atoms with van der Waals surface area (Å²) in [4.78, 5) is 8.05. The molecule has 2 fully saturated rings. The summed E-state index contributed by atoms with van der Waals surface area (Å²) in [6.45, 7) is 2.53. The predicted octanol–water partition coefficient (Wildman–Crippen LogP) is 2.99. The van der Waals surface area contributed by atoms with Gasteiger partial charge in [-0.05, 0) is 31.0 Å². The number of alkyl halides is 3. The Morgan fingerprint density at radius 2 is 1.86 bits per heavy atom. The van der Waals surface area contributed by atoms with Crippen molar-refractivity contribution in [2.24, 2.45) is 10.9 Å². The highest BCUT2D eigenvalue weighted by Crippen LogP contribution is 2.23. The van der Waals surface area contributed by atoms with Crippen LogP contribution in [0.4, 0.5) is 13.2 Å². The molecule has 0 aliphatic carbocycles. The van der Waals surface area contributed by atoms with Crippen molar-refractivity contribution in [3.05, 3.63) is 30.3 Å². The maximum absolute atomic E-state index is 12.5. The number of ether oxygens (including phenoxy) is 1. The molecule has 0 amide bonds. The molecule has 2 heterocycles. The van der Waals surface area contributed by atoms with Crippen LogP contribution in [0.1, 0.15) is 19.3 Å². The quantitative estimate of drug-likeness (QED) is 0.612. The number of para-hydroxylation sites is 1. The number of likely N-dealkylation sites (tertiary alicyclic amines) is 2. The fourth-order valence-corrected chi connectivity index (χ4v) is 3.92. The van der Waals surface area contributed by atoms with Crippen LogP contribution in [0.5, 0.6) is 5.75 Å². The first-order valence-electron chi connectivity index (χ1n) is 9.89. The van der Waals surface area contributed by atoms with E-state index in [1.807, 2.05) is 30.3 Å². The van der Waals surface area contributed by atoms with Gasteiger partial charge in [-0.2, -0.15) is 13.2 Å². The summed E-state index contributed by atoms with van der Waals surface area (Å²) in [5.74, 6) is 1.94. The van der Waals surface area contributed by atoms with Gasteiger partial charge >= 0.3 is 6.18 Å². The first-order valence-corrected chi connectivity index (χ1v) is 9.89. The van der Waals surface area contributed by atoms with Crippen LogP contribution in [0.2, 0.25) is 0 Å². The summed E-state index contributed by atoms with van der Waals surface area (Å²) in [6.07, 6.45) is -1.31. The normalized spacial score (nSPS) is 22.5. The number of benzene rings is 1. The fraction of sp³-hybridized carbons (Fsp3) is 0.650. The number of rotatable bonds is 5. The number of hydrogen-bond acceptors (Lipinski definition) is 3. The van der Waals surface area contributed by atoms with E-state index in [0.717, 1.165) is 44.1 Å². The number of guanidine groups is 1. The molecule has 1 atom stereocenters. The average Bonchev–Trinajstić information content (AvgIpc) is 3.10. The van der Waals surface area contributed by atoms with Crippen molar-refractivity contribution in [2.75, 3.05) is 46.3 Å². The zero-order chi connectivity index (χ0) is 20.0. The second-order valence-electron chi connectivity index (χ2n) is 7.55. The SMILES string of the molecule is CN=C(NCC1CCN(CC(F)(F)F)C1)N1CCC(Oc2ccccc2)CC1. The molecule has 0 spiro atoms. The molecular formula is C20H29F3N4O. The van der Waals surface area contributed by atoms with Gasteiger partial charge in [-0.25, -0.2) is 0 Å². The van der Waals surface area contributed by atoms with Gasteiger partial charge in [-0.1, -0.05) is 18.2 Å².